The van der Waals surface area contributed by atoms with E-state index in [4.69, 9.17) is 8.92 Å². The molecule has 2 N–H and O–H groups in total. The Kier molecular flexibility index (Phi) is 5.38. The number of esters is 1. The number of aryl methyl sites for hydroxylation is 1. The fourth-order valence-corrected chi connectivity index (χ4v) is 5.72. The summed E-state index contributed by atoms with van der Waals surface area (Å²) in [5, 5.41) is 2.82. The van der Waals surface area contributed by atoms with Crippen molar-refractivity contribution in [3.05, 3.63) is 70.5 Å². The van der Waals surface area contributed by atoms with Gasteiger partial charge < -0.3 is 15.0 Å². The molecule has 2 aromatic carbocycles. The maximum absolute atomic E-state index is 13.0. The van der Waals surface area contributed by atoms with Crippen molar-refractivity contribution >= 4 is 39.3 Å². The molecular formula is C25H22N2O6S. The number of amides is 1. The van der Waals surface area contributed by atoms with E-state index < -0.39 is 16.1 Å². The summed E-state index contributed by atoms with van der Waals surface area (Å²) in [5.41, 5.74) is 4.90. The average molecular weight is 479 g/mol. The largest absolute Gasteiger partial charge is 0.462 e. The highest BCUT2D eigenvalue weighted by Crippen LogP contribution is 2.42. The van der Waals surface area contributed by atoms with Crippen LogP contribution in [0.15, 0.2) is 47.4 Å². The van der Waals surface area contributed by atoms with Crippen molar-refractivity contribution in [1.29, 1.82) is 0 Å². The monoisotopic (exact) mass is 478 g/mol. The second-order valence-electron chi connectivity index (χ2n) is 8.00. The van der Waals surface area contributed by atoms with Crippen LogP contribution in [0.2, 0.25) is 0 Å². The quantitative estimate of drug-likeness (QED) is 0.334. The third-order valence-corrected chi connectivity index (χ3v) is 7.34. The Labute approximate surface area is 196 Å². The fraction of sp³-hybridized carbons (Fsp3) is 0.200. The molecule has 0 spiro atoms. The molecule has 0 saturated heterocycles. The third kappa shape index (κ3) is 3.53. The number of aromatic amines is 1. The van der Waals surface area contributed by atoms with Gasteiger partial charge in [-0.05, 0) is 49.6 Å². The Bertz CT molecular complexity index is 1470. The number of nitrogens with one attached hydrogen (secondary N) is 2. The highest BCUT2D eigenvalue weighted by Gasteiger charge is 2.35. The fourth-order valence-electron chi connectivity index (χ4n) is 4.55. The molecule has 0 radical (unpaired) electrons. The Morgan fingerprint density at radius 3 is 2.65 bits per heavy atom. The number of ether oxygens (including phenoxy) is 1. The zero-order valence-electron chi connectivity index (χ0n) is 18.6. The first-order valence-corrected chi connectivity index (χ1v) is 12.3. The SMILES string of the molecule is CCOC(=O)c1c(C)[nH]c(/C=C2\C(=O)Nc3ccc4c(c32)CCOS4(=O)=O)c1-c1ccccc1. The van der Waals surface area contributed by atoms with E-state index in [0.717, 1.165) is 5.56 Å². The molecule has 3 heterocycles. The van der Waals surface area contributed by atoms with Crippen molar-refractivity contribution in [3.63, 3.8) is 0 Å². The van der Waals surface area contributed by atoms with Crippen molar-refractivity contribution in [2.45, 2.75) is 25.2 Å². The van der Waals surface area contributed by atoms with Gasteiger partial charge in [0.05, 0.1) is 29.2 Å². The molecule has 0 saturated carbocycles. The van der Waals surface area contributed by atoms with E-state index in [1.165, 1.54) is 6.07 Å². The zero-order valence-corrected chi connectivity index (χ0v) is 19.4. The number of fused-ring (bicyclic) bond motifs is 3. The predicted octanol–water partition coefficient (Wildman–Crippen LogP) is 3.92. The summed E-state index contributed by atoms with van der Waals surface area (Å²) in [6.07, 6.45) is 2.02. The second-order valence-corrected chi connectivity index (χ2v) is 9.59. The lowest BCUT2D eigenvalue weighted by Crippen LogP contribution is -2.19. The molecule has 0 fully saturated rings. The lowest BCUT2D eigenvalue weighted by Gasteiger charge is -2.19. The molecule has 2 aliphatic heterocycles. The number of H-pyrrole nitrogens is 1. The van der Waals surface area contributed by atoms with Crippen LogP contribution in [-0.2, 0) is 30.3 Å². The average Bonchev–Trinajstić information content (AvgIpc) is 3.30. The van der Waals surface area contributed by atoms with E-state index in [9.17, 15) is 18.0 Å². The number of benzene rings is 2. The summed E-state index contributed by atoms with van der Waals surface area (Å²) in [7, 11) is -3.88. The van der Waals surface area contributed by atoms with Crippen LogP contribution in [0.4, 0.5) is 5.69 Å². The molecule has 174 valence electrons. The summed E-state index contributed by atoms with van der Waals surface area (Å²) in [6.45, 7) is 3.75. The molecule has 5 rings (SSSR count). The number of hydrogen-bond acceptors (Lipinski definition) is 6. The summed E-state index contributed by atoms with van der Waals surface area (Å²) < 4.78 is 35.1. The Balaban J connectivity index is 1.75. The smallest absolute Gasteiger partial charge is 0.340 e. The van der Waals surface area contributed by atoms with E-state index >= 15 is 0 Å². The van der Waals surface area contributed by atoms with Crippen molar-refractivity contribution in [2.75, 3.05) is 18.5 Å². The highest BCUT2D eigenvalue weighted by atomic mass is 32.2. The lowest BCUT2D eigenvalue weighted by molar-refractivity contribution is -0.110. The van der Waals surface area contributed by atoms with Gasteiger partial charge in [0, 0.05) is 28.2 Å². The molecule has 0 aliphatic carbocycles. The zero-order chi connectivity index (χ0) is 24.0. The van der Waals surface area contributed by atoms with E-state index in [1.807, 2.05) is 30.3 Å². The molecule has 0 unspecified atom stereocenters. The van der Waals surface area contributed by atoms with E-state index in [2.05, 4.69) is 10.3 Å². The number of hydrogen-bond donors (Lipinski definition) is 2. The molecule has 34 heavy (non-hydrogen) atoms. The van der Waals surface area contributed by atoms with Crippen LogP contribution in [0.3, 0.4) is 0 Å². The van der Waals surface area contributed by atoms with Gasteiger partial charge in [-0.25, -0.2) is 4.79 Å². The van der Waals surface area contributed by atoms with Gasteiger partial charge in [0.15, 0.2) is 0 Å². The summed E-state index contributed by atoms with van der Waals surface area (Å²) in [6, 6.07) is 12.4. The van der Waals surface area contributed by atoms with Crippen molar-refractivity contribution < 1.29 is 26.9 Å². The number of carbonyl (C=O) groups is 2. The summed E-state index contributed by atoms with van der Waals surface area (Å²) >= 11 is 0. The standard InChI is InChI=1S/C25H22N2O6S/c1-3-32-25(29)21-14(2)26-19(22(21)15-7-5-4-6-8-15)13-17-23-16-11-12-33-34(30,31)20(16)10-9-18(23)27-24(17)28/h4-10,13,26H,3,11-12H2,1-2H3,(H,27,28)/b17-13-. The first-order chi connectivity index (χ1) is 16.3. The number of aromatic nitrogens is 1. The highest BCUT2D eigenvalue weighted by molar-refractivity contribution is 7.86. The van der Waals surface area contributed by atoms with Gasteiger partial charge in [0.1, 0.15) is 0 Å². The second kappa shape index (κ2) is 8.27. The third-order valence-electron chi connectivity index (χ3n) is 5.94. The molecule has 0 bridgehead atoms. The van der Waals surface area contributed by atoms with Crippen LogP contribution in [0, 0.1) is 6.92 Å². The van der Waals surface area contributed by atoms with Crippen LogP contribution in [0.25, 0.3) is 22.8 Å². The Hall–Kier alpha value is -3.69. The van der Waals surface area contributed by atoms with Crippen molar-refractivity contribution in [1.82, 2.24) is 4.98 Å². The summed E-state index contributed by atoms with van der Waals surface area (Å²) in [4.78, 5) is 29.1. The molecule has 1 amide bonds. The van der Waals surface area contributed by atoms with Crippen LogP contribution in [0.1, 0.15) is 39.8 Å². The van der Waals surface area contributed by atoms with Gasteiger partial charge in [-0.2, -0.15) is 8.42 Å². The minimum absolute atomic E-state index is 0.0111. The molecule has 3 aromatic rings. The summed E-state index contributed by atoms with van der Waals surface area (Å²) in [5.74, 6) is -0.812. The van der Waals surface area contributed by atoms with E-state index in [1.54, 1.807) is 26.0 Å². The first kappa shape index (κ1) is 22.1. The van der Waals surface area contributed by atoms with Crippen LogP contribution in [0.5, 0.6) is 0 Å². The van der Waals surface area contributed by atoms with Gasteiger partial charge in [-0.1, -0.05) is 30.3 Å². The number of rotatable bonds is 4. The molecule has 9 heteroatoms. The predicted molar refractivity (Wildman–Crippen MR) is 127 cm³/mol. The maximum Gasteiger partial charge on any atom is 0.340 e. The normalized spacial score (nSPS) is 17.2. The molecule has 8 nitrogen and oxygen atoms in total. The van der Waals surface area contributed by atoms with Gasteiger partial charge in [-0.3, -0.25) is 8.98 Å². The minimum atomic E-state index is -3.88. The van der Waals surface area contributed by atoms with Crippen molar-refractivity contribution in [2.24, 2.45) is 0 Å². The maximum atomic E-state index is 13.0. The van der Waals surface area contributed by atoms with Gasteiger partial charge >= 0.3 is 5.97 Å². The van der Waals surface area contributed by atoms with Gasteiger partial charge in [-0.15, -0.1) is 0 Å². The van der Waals surface area contributed by atoms with E-state index in [0.29, 0.717) is 51.3 Å². The molecular weight excluding hydrogens is 456 g/mol. The van der Waals surface area contributed by atoms with Crippen LogP contribution >= 0.6 is 0 Å². The van der Waals surface area contributed by atoms with Gasteiger partial charge in [0.25, 0.3) is 16.0 Å². The molecule has 1 aromatic heterocycles. The molecule has 2 aliphatic rings. The van der Waals surface area contributed by atoms with Crippen LogP contribution < -0.4 is 5.32 Å². The van der Waals surface area contributed by atoms with Crippen molar-refractivity contribution in [3.8, 4) is 11.1 Å². The van der Waals surface area contributed by atoms with Gasteiger partial charge in [0.2, 0.25) is 0 Å². The van der Waals surface area contributed by atoms with Crippen LogP contribution in [-0.4, -0.2) is 38.5 Å². The number of carbonyl (C=O) groups excluding carboxylic acids is 2. The first-order valence-electron chi connectivity index (χ1n) is 10.9. The topological polar surface area (TPSA) is 115 Å². The molecule has 0 atom stereocenters. The minimum Gasteiger partial charge on any atom is -0.462 e. The lowest BCUT2D eigenvalue weighted by atomic mass is 9.95. The Morgan fingerprint density at radius 1 is 1.15 bits per heavy atom. The Morgan fingerprint density at radius 2 is 1.91 bits per heavy atom. The van der Waals surface area contributed by atoms with E-state index in [-0.39, 0.29) is 24.0 Å². The number of anilines is 1.